The lowest BCUT2D eigenvalue weighted by Gasteiger charge is -2.11. The largest absolute Gasteiger partial charge is 0.493 e. The van der Waals surface area contributed by atoms with Gasteiger partial charge >= 0.3 is 0 Å². The van der Waals surface area contributed by atoms with Crippen molar-refractivity contribution < 1.29 is 14.3 Å². The van der Waals surface area contributed by atoms with Gasteiger partial charge in [-0.1, -0.05) is 48.6 Å². The lowest BCUT2D eigenvalue weighted by Crippen LogP contribution is -2.22. The Morgan fingerprint density at radius 3 is 2.52 bits per heavy atom. The molecule has 0 aromatic heterocycles. The molecule has 0 fully saturated rings. The van der Waals surface area contributed by atoms with E-state index in [1.807, 2.05) is 49.4 Å². The topological polar surface area (TPSA) is 47.6 Å². The Balaban J connectivity index is 1.84. The molecule has 4 nitrogen and oxygen atoms in total. The van der Waals surface area contributed by atoms with Crippen LogP contribution in [0.2, 0.25) is 0 Å². The summed E-state index contributed by atoms with van der Waals surface area (Å²) in [6.45, 7) is 6.66. The molecule has 1 N–H and O–H groups in total. The number of methoxy groups -OCH3 is 1. The molecule has 132 valence electrons. The second-order valence-electron chi connectivity index (χ2n) is 5.85. The maximum Gasteiger partial charge on any atom is 0.220 e. The molecule has 0 unspecified atom stereocenters. The van der Waals surface area contributed by atoms with Crippen LogP contribution in [0.25, 0.3) is 0 Å². The zero-order chi connectivity index (χ0) is 18.1. The Bertz CT molecular complexity index is 708. The van der Waals surface area contributed by atoms with Gasteiger partial charge in [-0.3, -0.25) is 4.79 Å². The molecular weight excluding hydrogens is 314 g/mol. The van der Waals surface area contributed by atoms with E-state index in [-0.39, 0.29) is 5.91 Å². The molecule has 2 aromatic carbocycles. The summed E-state index contributed by atoms with van der Waals surface area (Å²) in [6.07, 6.45) is 2.77. The third kappa shape index (κ3) is 5.99. The number of carbonyl (C=O) groups is 1. The van der Waals surface area contributed by atoms with Crippen molar-refractivity contribution in [1.82, 2.24) is 5.32 Å². The van der Waals surface area contributed by atoms with Gasteiger partial charge in [0.15, 0.2) is 11.5 Å². The van der Waals surface area contributed by atoms with Crippen LogP contribution in [0.5, 0.6) is 11.5 Å². The zero-order valence-electron chi connectivity index (χ0n) is 14.9. The fourth-order valence-electron chi connectivity index (χ4n) is 2.39. The van der Waals surface area contributed by atoms with Gasteiger partial charge < -0.3 is 14.8 Å². The van der Waals surface area contributed by atoms with Crippen molar-refractivity contribution in [3.63, 3.8) is 0 Å². The lowest BCUT2D eigenvalue weighted by atomic mass is 10.1. The zero-order valence-corrected chi connectivity index (χ0v) is 14.9. The predicted octanol–water partition coefficient (Wildman–Crippen LogP) is 3.82. The fourth-order valence-corrected chi connectivity index (χ4v) is 2.39. The number of hydrogen-bond donors (Lipinski definition) is 1. The molecule has 0 radical (unpaired) electrons. The maximum absolute atomic E-state index is 12.0. The lowest BCUT2D eigenvalue weighted by molar-refractivity contribution is -0.121. The summed E-state index contributed by atoms with van der Waals surface area (Å²) < 4.78 is 10.9. The first kappa shape index (κ1) is 18.6. The van der Waals surface area contributed by atoms with E-state index in [4.69, 9.17) is 9.47 Å². The van der Waals surface area contributed by atoms with Crippen molar-refractivity contribution in [2.75, 3.05) is 13.7 Å². The maximum atomic E-state index is 12.0. The van der Waals surface area contributed by atoms with E-state index in [0.29, 0.717) is 37.5 Å². The summed E-state index contributed by atoms with van der Waals surface area (Å²) in [5, 5.41) is 2.95. The SMILES string of the molecule is C=CCOc1ccc(CCC(=O)NCc2ccc(C)cc2)cc1OC. The second-order valence-corrected chi connectivity index (χ2v) is 5.85. The minimum Gasteiger partial charge on any atom is -0.493 e. The van der Waals surface area contributed by atoms with E-state index >= 15 is 0 Å². The van der Waals surface area contributed by atoms with Gasteiger partial charge in [0.2, 0.25) is 5.91 Å². The van der Waals surface area contributed by atoms with Crippen molar-refractivity contribution >= 4 is 5.91 Å². The molecule has 0 saturated carbocycles. The average Bonchev–Trinajstić information content (AvgIpc) is 2.64. The summed E-state index contributed by atoms with van der Waals surface area (Å²) in [5.41, 5.74) is 3.35. The van der Waals surface area contributed by atoms with Gasteiger partial charge in [-0.05, 0) is 36.6 Å². The van der Waals surface area contributed by atoms with Crippen molar-refractivity contribution in [1.29, 1.82) is 0 Å². The summed E-state index contributed by atoms with van der Waals surface area (Å²) >= 11 is 0. The Morgan fingerprint density at radius 2 is 1.84 bits per heavy atom. The van der Waals surface area contributed by atoms with E-state index in [0.717, 1.165) is 11.1 Å². The second kappa shape index (κ2) is 9.52. The van der Waals surface area contributed by atoms with E-state index in [1.54, 1.807) is 13.2 Å². The minimum atomic E-state index is 0.0338. The van der Waals surface area contributed by atoms with E-state index < -0.39 is 0 Å². The molecule has 0 bridgehead atoms. The normalized spacial score (nSPS) is 10.2. The van der Waals surface area contributed by atoms with Crippen molar-refractivity contribution in [2.24, 2.45) is 0 Å². The molecule has 0 aliphatic carbocycles. The summed E-state index contributed by atoms with van der Waals surface area (Å²) in [4.78, 5) is 12.0. The third-order valence-electron chi connectivity index (χ3n) is 3.84. The number of hydrogen-bond acceptors (Lipinski definition) is 3. The quantitative estimate of drug-likeness (QED) is 0.707. The highest BCUT2D eigenvalue weighted by Gasteiger charge is 2.07. The van der Waals surface area contributed by atoms with Crippen LogP contribution in [0.3, 0.4) is 0 Å². The molecule has 0 heterocycles. The number of benzene rings is 2. The van der Waals surface area contributed by atoms with Gasteiger partial charge in [0.25, 0.3) is 0 Å². The highest BCUT2D eigenvalue weighted by molar-refractivity contribution is 5.76. The Labute approximate surface area is 149 Å². The van der Waals surface area contributed by atoms with Crippen LogP contribution in [0, 0.1) is 6.92 Å². The minimum absolute atomic E-state index is 0.0338. The first-order valence-electron chi connectivity index (χ1n) is 8.35. The third-order valence-corrected chi connectivity index (χ3v) is 3.84. The summed E-state index contributed by atoms with van der Waals surface area (Å²) in [7, 11) is 1.61. The summed E-state index contributed by atoms with van der Waals surface area (Å²) in [5.74, 6) is 1.38. The standard InChI is InChI=1S/C21H25NO3/c1-4-13-25-19-11-9-17(14-20(19)24-3)10-12-21(23)22-15-18-7-5-16(2)6-8-18/h4-9,11,14H,1,10,12-13,15H2,2-3H3,(H,22,23). The van der Waals surface area contributed by atoms with Crippen LogP contribution in [0.4, 0.5) is 0 Å². The number of ether oxygens (including phenoxy) is 2. The van der Waals surface area contributed by atoms with Crippen molar-refractivity contribution in [3.8, 4) is 11.5 Å². The molecule has 0 aliphatic heterocycles. The monoisotopic (exact) mass is 339 g/mol. The predicted molar refractivity (Wildman–Crippen MR) is 100 cm³/mol. The summed E-state index contributed by atoms with van der Waals surface area (Å²) in [6, 6.07) is 13.9. The molecule has 0 atom stereocenters. The molecule has 0 aliphatic rings. The van der Waals surface area contributed by atoms with Gasteiger partial charge in [-0.15, -0.1) is 0 Å². The van der Waals surface area contributed by atoms with Crippen LogP contribution < -0.4 is 14.8 Å². The van der Waals surface area contributed by atoms with E-state index in [2.05, 4.69) is 11.9 Å². The number of nitrogens with one attached hydrogen (secondary N) is 1. The average molecular weight is 339 g/mol. The van der Waals surface area contributed by atoms with Crippen molar-refractivity contribution in [3.05, 3.63) is 71.8 Å². The van der Waals surface area contributed by atoms with Crippen LogP contribution in [0.15, 0.2) is 55.1 Å². The fraction of sp³-hybridized carbons (Fsp3) is 0.286. The molecule has 0 spiro atoms. The van der Waals surface area contributed by atoms with E-state index in [1.165, 1.54) is 5.56 Å². The van der Waals surface area contributed by atoms with Crippen LogP contribution in [0.1, 0.15) is 23.1 Å². The molecule has 1 amide bonds. The highest BCUT2D eigenvalue weighted by Crippen LogP contribution is 2.28. The molecular formula is C21H25NO3. The Morgan fingerprint density at radius 1 is 1.12 bits per heavy atom. The highest BCUT2D eigenvalue weighted by atomic mass is 16.5. The van der Waals surface area contributed by atoms with Gasteiger partial charge in [0.05, 0.1) is 7.11 Å². The van der Waals surface area contributed by atoms with E-state index in [9.17, 15) is 4.79 Å². The number of carbonyl (C=O) groups excluding carboxylic acids is 1. The van der Waals surface area contributed by atoms with Crippen LogP contribution in [-0.2, 0) is 17.8 Å². The van der Waals surface area contributed by atoms with Crippen molar-refractivity contribution in [2.45, 2.75) is 26.3 Å². The molecule has 2 aromatic rings. The van der Waals surface area contributed by atoms with Gasteiger partial charge in [0.1, 0.15) is 6.61 Å². The molecule has 25 heavy (non-hydrogen) atoms. The smallest absolute Gasteiger partial charge is 0.220 e. The molecule has 0 saturated heterocycles. The van der Waals surface area contributed by atoms with Crippen LogP contribution in [-0.4, -0.2) is 19.6 Å². The first-order chi connectivity index (χ1) is 12.1. The Kier molecular flexibility index (Phi) is 7.08. The Hall–Kier alpha value is -2.75. The number of amides is 1. The molecule has 4 heteroatoms. The molecule has 2 rings (SSSR count). The van der Waals surface area contributed by atoms with Gasteiger partial charge in [-0.25, -0.2) is 0 Å². The van der Waals surface area contributed by atoms with Gasteiger partial charge in [-0.2, -0.15) is 0 Å². The number of aryl methyl sites for hydroxylation is 2. The first-order valence-corrected chi connectivity index (χ1v) is 8.35. The van der Waals surface area contributed by atoms with Crippen LogP contribution >= 0.6 is 0 Å². The number of rotatable bonds is 9. The van der Waals surface area contributed by atoms with Gasteiger partial charge in [0, 0.05) is 13.0 Å².